The smallest absolute Gasteiger partial charge is 0.305 e. The number of aliphatic hydroxyl groups excluding tert-OH is 1. The van der Waals surface area contributed by atoms with E-state index in [2.05, 4.69) is 70.4 Å². The highest BCUT2D eigenvalue weighted by atomic mass is 16.4. The van der Waals surface area contributed by atoms with Crippen LogP contribution in [0.3, 0.4) is 0 Å². The van der Waals surface area contributed by atoms with Crippen LogP contribution in [0.4, 0.5) is 0 Å². The zero-order chi connectivity index (χ0) is 81.3. The summed E-state index contributed by atoms with van der Waals surface area (Å²) in [6, 6.07) is -15.1. The summed E-state index contributed by atoms with van der Waals surface area (Å²) in [5, 5.41) is 77.8. The van der Waals surface area contributed by atoms with E-state index in [1.807, 2.05) is 5.32 Å². The van der Waals surface area contributed by atoms with Gasteiger partial charge in [0.25, 0.3) is 0 Å². The number of unbranched alkanes of at least 4 members (excludes halogenated alkanes) is 6. The van der Waals surface area contributed by atoms with Crippen LogP contribution >= 0.6 is 0 Å². The molecule has 0 spiro atoms. The van der Waals surface area contributed by atoms with E-state index < -0.39 is 243 Å². The number of rotatable bonds is 32. The van der Waals surface area contributed by atoms with Gasteiger partial charge in [-0.3, -0.25) is 91.1 Å². The highest BCUT2D eigenvalue weighted by molar-refractivity contribution is 6.02. The number of primary amides is 1. The normalized spacial score (nSPS) is 22.7. The fourth-order valence-electron chi connectivity index (χ4n) is 12.6. The van der Waals surface area contributed by atoms with Gasteiger partial charge in [-0.05, 0) is 82.9 Å². The van der Waals surface area contributed by atoms with Gasteiger partial charge in [-0.1, -0.05) is 63.6 Å². The predicted octanol–water partition coefficient (Wildman–Crippen LogP) is -5.77. The Morgan fingerprint density at radius 1 is 0.545 bits per heavy atom. The molecular weight excluding hydrogens is 1450 g/mol. The van der Waals surface area contributed by atoms with Crippen LogP contribution in [0.1, 0.15) is 154 Å². The van der Waals surface area contributed by atoms with Gasteiger partial charge in [0.1, 0.15) is 72.5 Å². The molecule has 3 fully saturated rings. The zero-order valence-electron chi connectivity index (χ0n) is 61.2. The van der Waals surface area contributed by atoms with Crippen LogP contribution in [-0.2, 0) is 97.5 Å². The lowest BCUT2D eigenvalue weighted by Crippen LogP contribution is -2.64. The van der Waals surface area contributed by atoms with Gasteiger partial charge >= 0.3 is 23.9 Å². The summed E-state index contributed by atoms with van der Waals surface area (Å²) in [5.41, 5.74) is 12.6. The highest BCUT2D eigenvalue weighted by Gasteiger charge is 2.43. The number of fused-ring (bicyclic) bond motifs is 3. The summed E-state index contributed by atoms with van der Waals surface area (Å²) >= 11 is 0. The molecule has 0 unspecified atom stereocenters. The molecule has 3 aliphatic heterocycles. The summed E-state index contributed by atoms with van der Waals surface area (Å²) in [4.78, 5) is 265. The Kier molecular flexibility index (Phi) is 36.3. The van der Waals surface area contributed by atoms with Crippen LogP contribution in [0.2, 0.25) is 0 Å². The maximum atomic E-state index is 15.4. The van der Waals surface area contributed by atoms with Crippen LogP contribution in [-0.4, -0.2) is 265 Å². The van der Waals surface area contributed by atoms with E-state index in [-0.39, 0.29) is 77.4 Å². The van der Waals surface area contributed by atoms with E-state index in [0.717, 1.165) is 55.2 Å². The number of aliphatic hydroxyl groups is 1. The summed E-state index contributed by atoms with van der Waals surface area (Å²) in [6.45, 7) is -0.859. The van der Waals surface area contributed by atoms with E-state index in [1.165, 1.54) is 0 Å². The van der Waals surface area contributed by atoms with Gasteiger partial charge in [0.2, 0.25) is 88.6 Å². The number of piperidine rings is 1. The molecule has 12 atom stereocenters. The first-order valence-corrected chi connectivity index (χ1v) is 36.4. The van der Waals surface area contributed by atoms with Gasteiger partial charge < -0.3 is 116 Å². The highest BCUT2D eigenvalue weighted by Crippen LogP contribution is 2.24. The lowest BCUT2D eigenvalue weighted by molar-refractivity contribution is -0.147. The Labute approximate surface area is 630 Å². The third-order valence-corrected chi connectivity index (χ3v) is 18.5. The lowest BCUT2D eigenvalue weighted by atomic mass is 9.98. The average Bonchev–Trinajstić information content (AvgIpc) is 1.22. The Morgan fingerprint density at radius 3 is 1.76 bits per heavy atom. The molecule has 4 heterocycles. The number of carbonyl (C=O) groups excluding carboxylic acids is 15. The summed E-state index contributed by atoms with van der Waals surface area (Å²) < 4.78 is 0. The van der Waals surface area contributed by atoms with Crippen molar-refractivity contribution in [2.75, 3.05) is 39.3 Å². The fourth-order valence-corrected chi connectivity index (χ4v) is 12.6. The standard InChI is InChI=1S/C69H101N17O24/c1-3-4-5-6-7-8-9-21-52(89)76-42(27-37-32-72-39-17-11-10-16-38(37)39)62(103)81-43(28-51(71)88)63(104)83-46(31-57(97)98)64(105)84-47-33-73-66(107)49-20-15-26-86(49)68(109)41(22-23-54(91)92)79-65(106)48(35-87)77-53(90)34-74-59(100)44(29-55(93)94)80-58(99)36(2)75-61(102)45(30-56(95)96)82-60(101)40(18-14-24-70)78-67(108)50-19-12-13-25-85(50)69(47)110/h10-11,16-17,32,36,40-50,72,87H,3-9,12-15,18-31,33-35,70H2,1-2H3,(H2,71,88)(H,73,107)(H,74,100)(H,75,102)(H,76,89)(H,77,90)(H,78,108)(H,79,106)(H,80,99)(H,81,103)(H,82,101)(H,83,104)(H,84,105)(H,91,92)(H,93,94)(H,95,96)(H,97,98)/t36-,40+,41+,42+,43-,44+,45+,46+,47+,48-,49-,50-/m1/s1. The minimum absolute atomic E-state index is 0.0166. The lowest BCUT2D eigenvalue weighted by Gasteiger charge is -2.38. The van der Waals surface area contributed by atoms with Crippen molar-refractivity contribution in [3.63, 3.8) is 0 Å². The Balaban J connectivity index is 1.55. The van der Waals surface area contributed by atoms with E-state index >= 15 is 4.79 Å². The Morgan fingerprint density at radius 2 is 1.12 bits per heavy atom. The molecule has 0 bridgehead atoms. The maximum absolute atomic E-state index is 15.4. The van der Waals surface area contributed by atoms with Gasteiger partial charge in [0.05, 0.1) is 38.8 Å². The number of hydrogen-bond donors (Lipinski definition) is 20. The monoisotopic (exact) mass is 1550 g/mol. The Bertz CT molecular complexity index is 3680. The van der Waals surface area contributed by atoms with E-state index in [4.69, 9.17) is 11.5 Å². The van der Waals surface area contributed by atoms with E-state index in [1.54, 1.807) is 30.5 Å². The second-order valence-electron chi connectivity index (χ2n) is 27.0. The Hall–Kier alpha value is -11.4. The molecule has 22 N–H and O–H groups in total. The third-order valence-electron chi connectivity index (χ3n) is 18.5. The first-order chi connectivity index (χ1) is 52.2. The minimum atomic E-state index is -2.24. The molecule has 606 valence electrons. The maximum Gasteiger partial charge on any atom is 0.305 e. The quantitative estimate of drug-likeness (QED) is 0.0304. The van der Waals surface area contributed by atoms with Crippen LogP contribution in [0, 0.1) is 0 Å². The molecule has 15 amide bonds. The SMILES string of the molecule is CCCCCCCCCC(=O)N[C@@H](Cc1c[nH]c2ccccc12)C(=O)N[C@H](CC(N)=O)C(=O)N[C@@H](CC(=O)O)C(=O)N[C@H]1CNC(=O)[C@H]2CCCN2C(=O)[C@H](CCC(=O)O)NC(=O)[C@@H](CO)NC(=O)CNC(=O)[C@H](CC(=O)O)NC(=O)[C@@H](C)NC(=O)[C@H](CC(=O)O)NC(=O)[C@H](CCCN)NC(=O)[C@H]2CCCCN2C1=O. The zero-order valence-corrected chi connectivity index (χ0v) is 61.2. The predicted molar refractivity (Wildman–Crippen MR) is 383 cm³/mol. The number of carboxylic acids is 4. The molecule has 1 aromatic heterocycles. The number of para-hydroxylation sites is 1. The number of H-pyrrole nitrogens is 1. The van der Waals surface area contributed by atoms with Gasteiger partial charge in [-0.25, -0.2) is 0 Å². The second kappa shape index (κ2) is 44.8. The summed E-state index contributed by atoms with van der Waals surface area (Å²) in [6.07, 6.45) is 1.31. The van der Waals surface area contributed by atoms with Crippen molar-refractivity contribution >= 4 is 123 Å². The molecule has 3 saturated heterocycles. The molecule has 41 heteroatoms. The molecule has 0 radical (unpaired) electrons. The van der Waals surface area contributed by atoms with E-state index in [0.29, 0.717) is 22.9 Å². The molecule has 1 aromatic carbocycles. The average molecular weight is 1550 g/mol. The molecule has 5 rings (SSSR count). The van der Waals surface area contributed by atoms with Crippen LogP contribution < -0.4 is 75.3 Å². The first-order valence-electron chi connectivity index (χ1n) is 36.4. The number of aromatic amines is 1. The summed E-state index contributed by atoms with van der Waals surface area (Å²) in [5.74, 6) is -24.3. The van der Waals surface area contributed by atoms with Crippen LogP contribution in [0.15, 0.2) is 30.5 Å². The number of nitrogens with two attached hydrogens (primary N) is 2. The van der Waals surface area contributed by atoms with Crippen LogP contribution in [0.5, 0.6) is 0 Å². The van der Waals surface area contributed by atoms with Gasteiger partial charge in [0.15, 0.2) is 0 Å². The number of aliphatic carboxylic acids is 4. The third kappa shape index (κ3) is 28.6. The second-order valence-corrected chi connectivity index (χ2v) is 27.0. The largest absolute Gasteiger partial charge is 0.481 e. The van der Waals surface area contributed by atoms with Crippen molar-refractivity contribution in [1.82, 2.24) is 78.6 Å². The fraction of sp³-hybridized carbons (Fsp3) is 0.609. The number of carboxylic acid groups (broad SMARTS) is 4. The number of hydrogen-bond acceptors (Lipinski definition) is 21. The molecular formula is C69H101N17O24. The van der Waals surface area contributed by atoms with Gasteiger partial charge in [0, 0.05) is 56.0 Å². The molecule has 41 nitrogen and oxygen atoms in total. The molecule has 0 saturated carbocycles. The van der Waals surface area contributed by atoms with Crippen molar-refractivity contribution < 1.29 is 117 Å². The number of benzene rings is 1. The number of carbonyl (C=O) groups is 19. The number of aromatic nitrogens is 1. The number of nitrogens with one attached hydrogen (secondary N) is 13. The molecule has 110 heavy (non-hydrogen) atoms. The summed E-state index contributed by atoms with van der Waals surface area (Å²) in [7, 11) is 0. The van der Waals surface area contributed by atoms with Crippen molar-refractivity contribution in [2.45, 2.75) is 228 Å². The van der Waals surface area contributed by atoms with Gasteiger partial charge in [-0.2, -0.15) is 0 Å². The number of amides is 15. The van der Waals surface area contributed by atoms with Crippen molar-refractivity contribution in [3.05, 3.63) is 36.0 Å². The van der Waals surface area contributed by atoms with Crippen molar-refractivity contribution in [2.24, 2.45) is 11.5 Å². The number of nitrogens with zero attached hydrogens (tertiary/aromatic N) is 2. The van der Waals surface area contributed by atoms with E-state index in [9.17, 15) is 112 Å². The van der Waals surface area contributed by atoms with Gasteiger partial charge in [-0.15, -0.1) is 0 Å². The molecule has 2 aromatic rings. The topological polar surface area (TPSA) is 644 Å². The van der Waals surface area contributed by atoms with Crippen molar-refractivity contribution in [3.8, 4) is 0 Å². The van der Waals surface area contributed by atoms with Crippen LogP contribution in [0.25, 0.3) is 10.9 Å². The molecule has 0 aliphatic carbocycles. The minimum Gasteiger partial charge on any atom is -0.481 e. The first kappa shape index (κ1) is 89.2. The molecule has 3 aliphatic rings. The van der Waals surface area contributed by atoms with Crippen molar-refractivity contribution in [1.29, 1.82) is 0 Å².